The van der Waals surface area contributed by atoms with E-state index in [-0.39, 0.29) is 74.7 Å². The van der Waals surface area contributed by atoms with Gasteiger partial charge in [0.05, 0.1) is 5.97 Å². The molecule has 2 aliphatic rings. The van der Waals surface area contributed by atoms with Gasteiger partial charge in [0.15, 0.2) is 0 Å². The van der Waals surface area contributed by atoms with Gasteiger partial charge in [-0.1, -0.05) is 12.2 Å². The minimum atomic E-state index is -1.20. The Morgan fingerprint density at radius 2 is 1.72 bits per heavy atom. The third-order valence-electron chi connectivity index (χ3n) is 3.62. The molecule has 0 aromatic rings. The number of carbonyl (C=O) groups excluding carboxylic acids is 2. The van der Waals surface area contributed by atoms with Crippen LogP contribution in [-0.2, 0) is 9.59 Å². The van der Waals surface area contributed by atoms with E-state index in [9.17, 15) is 14.7 Å². The number of nitrogens with zero attached hydrogens (tertiary/aromatic N) is 1. The zero-order chi connectivity index (χ0) is 12.6. The van der Waals surface area contributed by atoms with Crippen molar-refractivity contribution in [1.29, 1.82) is 0 Å². The number of allylic oxidation sites excluding steroid dienone is 2. The maximum Gasteiger partial charge on any atom is 1.00 e. The number of rotatable bonds is 4. The van der Waals surface area contributed by atoms with Crippen LogP contribution in [0, 0.1) is 11.8 Å². The summed E-state index contributed by atoms with van der Waals surface area (Å²) >= 11 is 0. The van der Waals surface area contributed by atoms with Crippen LogP contribution >= 0.6 is 0 Å². The minimum Gasteiger partial charge on any atom is -0.545 e. The first-order valence-corrected chi connectivity index (χ1v) is 6.03. The molecule has 0 saturated heterocycles. The summed E-state index contributed by atoms with van der Waals surface area (Å²) in [5, 5.41) is 11.1. The molecule has 18 heavy (non-hydrogen) atoms. The van der Waals surface area contributed by atoms with E-state index in [1.165, 1.54) is 0 Å². The van der Waals surface area contributed by atoms with Crippen LogP contribution < -0.4 is 56.5 Å². The van der Waals surface area contributed by atoms with Crippen molar-refractivity contribution >= 4 is 11.9 Å². The van der Waals surface area contributed by atoms with Crippen molar-refractivity contribution in [2.75, 3.05) is 13.1 Å². The Hall–Kier alpha value is 0.0564. The molecule has 0 spiro atoms. The van der Waals surface area contributed by atoms with E-state index in [0.717, 1.165) is 0 Å². The van der Waals surface area contributed by atoms with E-state index in [4.69, 9.17) is 0 Å². The maximum absolute atomic E-state index is 12.3. The summed E-state index contributed by atoms with van der Waals surface area (Å²) in [6.45, 7) is 4.98. The van der Waals surface area contributed by atoms with Gasteiger partial charge in [0, 0.05) is 30.5 Å². The molecule has 0 saturated carbocycles. The van der Waals surface area contributed by atoms with Crippen molar-refractivity contribution in [3.05, 3.63) is 23.3 Å². The van der Waals surface area contributed by atoms with Crippen LogP contribution in [-0.4, -0.2) is 29.9 Å². The Kier molecular flexibility index (Phi) is 5.80. The van der Waals surface area contributed by atoms with E-state index in [2.05, 4.69) is 0 Å². The third-order valence-corrected chi connectivity index (χ3v) is 3.62. The standard InChI is InChI=1S/C13H17NO3.K/c1-3-14(4-2)12(15)10-8-5-6-9(7-8)11(10)13(16)17;/h5-6,8-9H,3-4,7H2,1-2H3,(H,16,17);/q;+1/p-1. The van der Waals surface area contributed by atoms with Crippen LogP contribution in [0.15, 0.2) is 23.3 Å². The fourth-order valence-corrected chi connectivity index (χ4v) is 2.74. The molecule has 0 aromatic heterocycles. The second kappa shape index (κ2) is 6.48. The predicted molar refractivity (Wildman–Crippen MR) is 60.7 cm³/mol. The Balaban J connectivity index is 0.00000162. The van der Waals surface area contributed by atoms with Gasteiger partial charge in [-0.2, -0.15) is 0 Å². The molecule has 1 amide bonds. The average Bonchev–Trinajstić information content (AvgIpc) is 2.89. The SMILES string of the molecule is CCN(CC)C(=O)C1=C(C(=O)[O-])C2C=CC1C2.[K+]. The van der Waals surface area contributed by atoms with Crippen LogP contribution in [0.25, 0.3) is 0 Å². The number of carboxylic acids is 1. The molecule has 0 aromatic carbocycles. The Bertz CT molecular complexity index is 424. The van der Waals surface area contributed by atoms with Gasteiger partial charge >= 0.3 is 51.4 Å². The van der Waals surface area contributed by atoms with E-state index in [1.54, 1.807) is 4.90 Å². The zero-order valence-electron chi connectivity index (χ0n) is 11.1. The molecule has 0 radical (unpaired) electrons. The molecular weight excluding hydrogens is 257 g/mol. The second-order valence-corrected chi connectivity index (χ2v) is 4.43. The summed E-state index contributed by atoms with van der Waals surface area (Å²) in [5.41, 5.74) is 0.649. The summed E-state index contributed by atoms with van der Waals surface area (Å²) < 4.78 is 0. The number of hydrogen-bond donors (Lipinski definition) is 0. The molecule has 2 rings (SSSR count). The van der Waals surface area contributed by atoms with Crippen LogP contribution in [0.5, 0.6) is 0 Å². The Morgan fingerprint density at radius 1 is 1.22 bits per heavy atom. The number of fused-ring (bicyclic) bond motifs is 2. The summed E-state index contributed by atoms with van der Waals surface area (Å²) in [7, 11) is 0. The van der Waals surface area contributed by atoms with Crippen LogP contribution in [0.2, 0.25) is 0 Å². The summed E-state index contributed by atoms with van der Waals surface area (Å²) in [5.74, 6) is -1.50. The number of likely N-dealkylation sites (N-methyl/N-ethyl adjacent to an activating group) is 1. The summed E-state index contributed by atoms with van der Waals surface area (Å²) in [4.78, 5) is 25.0. The molecular formula is C13H16KNO3. The van der Waals surface area contributed by atoms with E-state index >= 15 is 0 Å². The Morgan fingerprint density at radius 3 is 2.17 bits per heavy atom. The van der Waals surface area contributed by atoms with E-state index < -0.39 is 5.97 Å². The van der Waals surface area contributed by atoms with Crippen molar-refractivity contribution in [3.63, 3.8) is 0 Å². The van der Waals surface area contributed by atoms with Gasteiger partial charge in [-0.15, -0.1) is 0 Å². The van der Waals surface area contributed by atoms with Gasteiger partial charge in [-0.25, -0.2) is 0 Å². The first kappa shape index (κ1) is 16.1. The third kappa shape index (κ3) is 2.65. The molecule has 5 heteroatoms. The number of carboxylic acid groups (broad SMARTS) is 1. The molecule has 4 nitrogen and oxygen atoms in total. The van der Waals surface area contributed by atoms with Crippen molar-refractivity contribution in [1.82, 2.24) is 4.90 Å². The van der Waals surface area contributed by atoms with Crippen molar-refractivity contribution in [2.45, 2.75) is 20.3 Å². The first-order valence-electron chi connectivity index (χ1n) is 6.03. The normalized spacial score (nSPS) is 24.1. The number of hydrogen-bond acceptors (Lipinski definition) is 3. The molecule has 2 unspecified atom stereocenters. The molecule has 2 aliphatic carbocycles. The van der Waals surface area contributed by atoms with Crippen molar-refractivity contribution in [3.8, 4) is 0 Å². The van der Waals surface area contributed by atoms with Crippen molar-refractivity contribution < 1.29 is 66.1 Å². The van der Waals surface area contributed by atoms with Gasteiger partial charge in [-0.3, -0.25) is 4.79 Å². The molecule has 0 aliphatic heterocycles. The molecule has 0 N–H and O–H groups in total. The summed E-state index contributed by atoms with van der Waals surface area (Å²) in [6, 6.07) is 0. The second-order valence-electron chi connectivity index (χ2n) is 4.43. The molecule has 2 bridgehead atoms. The average molecular weight is 273 g/mol. The van der Waals surface area contributed by atoms with Crippen LogP contribution in [0.1, 0.15) is 20.3 Å². The zero-order valence-corrected chi connectivity index (χ0v) is 14.2. The van der Waals surface area contributed by atoms with Crippen molar-refractivity contribution in [2.24, 2.45) is 11.8 Å². The van der Waals surface area contributed by atoms with Crippen LogP contribution in [0.4, 0.5) is 0 Å². The fraction of sp³-hybridized carbons (Fsp3) is 0.538. The van der Waals surface area contributed by atoms with Gasteiger partial charge in [-0.05, 0) is 25.8 Å². The largest absolute Gasteiger partial charge is 1.00 e. The summed E-state index contributed by atoms with van der Waals surface area (Å²) in [6.07, 6.45) is 4.52. The first-order chi connectivity index (χ1) is 8.10. The molecule has 0 fully saturated rings. The molecule has 92 valence electrons. The number of amides is 1. The number of carbonyl (C=O) groups is 2. The van der Waals surface area contributed by atoms with E-state index in [0.29, 0.717) is 25.1 Å². The fourth-order valence-electron chi connectivity index (χ4n) is 2.74. The smallest absolute Gasteiger partial charge is 0.545 e. The quantitative estimate of drug-likeness (QED) is 0.408. The van der Waals surface area contributed by atoms with Gasteiger partial charge < -0.3 is 14.8 Å². The van der Waals surface area contributed by atoms with Gasteiger partial charge in [0.1, 0.15) is 0 Å². The van der Waals surface area contributed by atoms with Gasteiger partial charge in [0.2, 0.25) is 0 Å². The molecule has 2 atom stereocenters. The van der Waals surface area contributed by atoms with E-state index in [1.807, 2.05) is 26.0 Å². The van der Waals surface area contributed by atoms with Crippen LogP contribution in [0.3, 0.4) is 0 Å². The topological polar surface area (TPSA) is 60.4 Å². The molecule has 0 heterocycles. The minimum absolute atomic E-state index is 0. The maximum atomic E-state index is 12.3. The predicted octanol–water partition coefficient (Wildman–Crippen LogP) is -2.89. The number of aliphatic carboxylic acids is 1. The monoisotopic (exact) mass is 273 g/mol. The van der Waals surface area contributed by atoms with Gasteiger partial charge in [0.25, 0.3) is 5.91 Å². The Labute approximate surface area is 150 Å².